The highest BCUT2D eigenvalue weighted by molar-refractivity contribution is 5.50. The van der Waals surface area contributed by atoms with E-state index in [9.17, 15) is 5.11 Å². The minimum Gasteiger partial charge on any atom is -0.385 e. The zero-order valence-corrected chi connectivity index (χ0v) is 15.1. The summed E-state index contributed by atoms with van der Waals surface area (Å²) in [6.07, 6.45) is 9.81. The minimum absolute atomic E-state index is 0.185. The molecule has 0 amide bonds. The third-order valence-electron chi connectivity index (χ3n) is 5.60. The smallest absolute Gasteiger partial charge is 0.137 e. The summed E-state index contributed by atoms with van der Waals surface area (Å²) in [5.74, 6) is 2.92. The number of aromatic nitrogens is 4. The molecule has 1 aliphatic carbocycles. The van der Waals surface area contributed by atoms with Crippen molar-refractivity contribution in [2.75, 3.05) is 18.0 Å². The van der Waals surface area contributed by atoms with Crippen LogP contribution in [-0.2, 0) is 19.9 Å². The zero-order valence-electron chi connectivity index (χ0n) is 15.1. The van der Waals surface area contributed by atoms with E-state index in [4.69, 9.17) is 4.98 Å². The molecule has 6 nitrogen and oxygen atoms in total. The van der Waals surface area contributed by atoms with Crippen molar-refractivity contribution in [3.05, 3.63) is 35.3 Å². The second kappa shape index (κ2) is 6.75. The molecular formula is C19H27N5O. The van der Waals surface area contributed by atoms with Gasteiger partial charge >= 0.3 is 0 Å². The van der Waals surface area contributed by atoms with Crippen molar-refractivity contribution in [3.63, 3.8) is 0 Å². The van der Waals surface area contributed by atoms with Crippen molar-refractivity contribution in [2.45, 2.75) is 51.6 Å². The molecule has 2 atom stereocenters. The van der Waals surface area contributed by atoms with Crippen molar-refractivity contribution >= 4 is 5.82 Å². The number of fused-ring (bicyclic) bond motifs is 1. The number of rotatable bonds is 3. The Bertz CT molecular complexity index is 756. The maximum atomic E-state index is 10.8. The van der Waals surface area contributed by atoms with Crippen LogP contribution in [0, 0.1) is 12.8 Å². The first-order valence-electron chi connectivity index (χ1n) is 9.40. The Kier molecular flexibility index (Phi) is 4.46. The summed E-state index contributed by atoms with van der Waals surface area (Å²) in [6, 6.07) is 0. The topological polar surface area (TPSA) is 67.1 Å². The lowest BCUT2D eigenvalue weighted by Crippen LogP contribution is -2.39. The average Bonchev–Trinajstić information content (AvgIpc) is 3.06. The molecule has 2 aliphatic rings. The third-order valence-corrected chi connectivity index (χ3v) is 5.60. The monoisotopic (exact) mass is 341 g/mol. The summed E-state index contributed by atoms with van der Waals surface area (Å²) in [4.78, 5) is 16.2. The first kappa shape index (κ1) is 16.5. The highest BCUT2D eigenvalue weighted by Gasteiger charge is 2.31. The van der Waals surface area contributed by atoms with Gasteiger partial charge in [-0.3, -0.25) is 0 Å². The Labute approximate surface area is 148 Å². The molecule has 134 valence electrons. The van der Waals surface area contributed by atoms with Crippen LogP contribution in [0.3, 0.4) is 0 Å². The van der Waals surface area contributed by atoms with Crippen molar-refractivity contribution < 1.29 is 5.11 Å². The molecule has 1 N–H and O–H groups in total. The van der Waals surface area contributed by atoms with Gasteiger partial charge in [0.2, 0.25) is 0 Å². The van der Waals surface area contributed by atoms with E-state index >= 15 is 0 Å². The molecule has 0 spiro atoms. The second-order valence-corrected chi connectivity index (χ2v) is 7.42. The second-order valence-electron chi connectivity index (χ2n) is 7.42. The number of anilines is 1. The molecule has 4 rings (SSSR count). The van der Waals surface area contributed by atoms with Gasteiger partial charge in [0.15, 0.2) is 0 Å². The molecule has 0 unspecified atom stereocenters. The number of piperidine rings is 1. The van der Waals surface area contributed by atoms with Crippen LogP contribution in [0.5, 0.6) is 0 Å². The van der Waals surface area contributed by atoms with Crippen molar-refractivity contribution in [1.82, 2.24) is 19.5 Å². The van der Waals surface area contributed by atoms with Gasteiger partial charge in [0.1, 0.15) is 23.6 Å². The van der Waals surface area contributed by atoms with Gasteiger partial charge in [0.25, 0.3) is 0 Å². The summed E-state index contributed by atoms with van der Waals surface area (Å²) in [7, 11) is 1.94. The van der Waals surface area contributed by atoms with Crippen molar-refractivity contribution in [3.8, 4) is 0 Å². The molecule has 2 aromatic heterocycles. The molecule has 25 heavy (non-hydrogen) atoms. The van der Waals surface area contributed by atoms with Crippen molar-refractivity contribution in [1.29, 1.82) is 0 Å². The van der Waals surface area contributed by atoms with E-state index in [-0.39, 0.29) is 5.92 Å². The largest absolute Gasteiger partial charge is 0.385 e. The number of hydrogen-bond acceptors (Lipinski definition) is 5. The fourth-order valence-electron chi connectivity index (χ4n) is 4.29. The first-order valence-corrected chi connectivity index (χ1v) is 9.40. The summed E-state index contributed by atoms with van der Waals surface area (Å²) in [5.41, 5.74) is 2.57. The Morgan fingerprint density at radius 2 is 2.04 bits per heavy atom. The maximum absolute atomic E-state index is 10.8. The Hall–Kier alpha value is -1.95. The molecule has 1 saturated heterocycles. The van der Waals surface area contributed by atoms with Crippen molar-refractivity contribution in [2.24, 2.45) is 13.0 Å². The highest BCUT2D eigenvalue weighted by Crippen LogP contribution is 2.34. The number of aryl methyl sites for hydroxylation is 3. The normalized spacial score (nSPS) is 21.9. The van der Waals surface area contributed by atoms with Crippen LogP contribution in [0.1, 0.15) is 54.7 Å². The molecule has 1 fully saturated rings. The van der Waals surface area contributed by atoms with Gasteiger partial charge in [-0.15, -0.1) is 0 Å². The van der Waals surface area contributed by atoms with Crippen LogP contribution in [0.15, 0.2) is 12.4 Å². The zero-order chi connectivity index (χ0) is 17.4. The summed E-state index contributed by atoms with van der Waals surface area (Å²) >= 11 is 0. The van der Waals surface area contributed by atoms with Gasteiger partial charge < -0.3 is 14.6 Å². The quantitative estimate of drug-likeness (QED) is 0.928. The van der Waals surface area contributed by atoms with E-state index in [1.165, 1.54) is 24.1 Å². The third kappa shape index (κ3) is 3.15. The Balaban J connectivity index is 1.60. The molecule has 0 radical (unpaired) electrons. The van der Waals surface area contributed by atoms with E-state index < -0.39 is 6.10 Å². The van der Waals surface area contributed by atoms with E-state index in [0.29, 0.717) is 0 Å². The molecule has 6 heteroatoms. The maximum Gasteiger partial charge on any atom is 0.137 e. The number of aliphatic hydroxyl groups is 1. The Morgan fingerprint density at radius 3 is 2.84 bits per heavy atom. The molecule has 3 heterocycles. The van der Waals surface area contributed by atoms with Crippen LogP contribution in [0.25, 0.3) is 0 Å². The lowest BCUT2D eigenvalue weighted by molar-refractivity contribution is 0.0873. The van der Waals surface area contributed by atoms with Crippen LogP contribution >= 0.6 is 0 Å². The number of nitrogens with zero attached hydrogens (tertiary/aromatic N) is 5. The van der Waals surface area contributed by atoms with E-state index in [2.05, 4.69) is 14.9 Å². The molecule has 2 aromatic rings. The summed E-state index contributed by atoms with van der Waals surface area (Å²) < 4.78 is 1.92. The lowest BCUT2D eigenvalue weighted by Gasteiger charge is -2.37. The van der Waals surface area contributed by atoms with Gasteiger partial charge in [-0.1, -0.05) is 0 Å². The summed E-state index contributed by atoms with van der Waals surface area (Å²) in [5, 5.41) is 10.8. The number of imidazole rings is 1. The molecule has 0 aromatic carbocycles. The highest BCUT2D eigenvalue weighted by atomic mass is 16.3. The average molecular weight is 341 g/mol. The molecule has 0 bridgehead atoms. The van der Waals surface area contributed by atoms with E-state index in [1.54, 1.807) is 6.20 Å². The SMILES string of the molecule is Cc1nc2c(c(N3CCC[C@@H]([C@H](O)c4nccn4C)C3)n1)CCCC2. The molecule has 0 saturated carbocycles. The van der Waals surface area contributed by atoms with E-state index in [0.717, 1.165) is 56.2 Å². The van der Waals surface area contributed by atoms with Crippen LogP contribution < -0.4 is 4.90 Å². The lowest BCUT2D eigenvalue weighted by atomic mass is 9.90. The standard InChI is InChI=1S/C19H27N5O/c1-13-21-16-8-4-3-7-15(16)18(22-13)24-10-5-6-14(12-24)17(25)19-20-9-11-23(19)2/h9,11,14,17,25H,3-8,10,12H2,1-2H3/t14-,17+/m1/s1. The number of hydrogen-bond donors (Lipinski definition) is 1. The molecular weight excluding hydrogens is 314 g/mol. The fourth-order valence-corrected chi connectivity index (χ4v) is 4.29. The van der Waals surface area contributed by atoms with Gasteiger partial charge in [-0.2, -0.15) is 0 Å². The minimum atomic E-state index is -0.526. The first-order chi connectivity index (χ1) is 12.1. The number of aliphatic hydroxyl groups excluding tert-OH is 1. The van der Waals surface area contributed by atoms with Gasteiger partial charge in [0, 0.05) is 49.7 Å². The van der Waals surface area contributed by atoms with Crippen LogP contribution in [-0.4, -0.2) is 37.7 Å². The Morgan fingerprint density at radius 1 is 1.20 bits per heavy atom. The molecule has 1 aliphatic heterocycles. The van der Waals surface area contributed by atoms with E-state index in [1.807, 2.05) is 24.7 Å². The summed E-state index contributed by atoms with van der Waals surface area (Å²) in [6.45, 7) is 3.83. The van der Waals surface area contributed by atoms with Gasteiger partial charge in [0.05, 0.1) is 0 Å². The predicted octanol–water partition coefficient (Wildman–Crippen LogP) is 2.35. The predicted molar refractivity (Wildman–Crippen MR) is 96.5 cm³/mol. The van der Waals surface area contributed by atoms with Gasteiger partial charge in [-0.05, 0) is 45.4 Å². The van der Waals surface area contributed by atoms with Crippen LogP contribution in [0.2, 0.25) is 0 Å². The van der Waals surface area contributed by atoms with Crippen LogP contribution in [0.4, 0.5) is 5.82 Å². The fraction of sp³-hybridized carbons (Fsp3) is 0.632. The van der Waals surface area contributed by atoms with Gasteiger partial charge in [-0.25, -0.2) is 15.0 Å².